The molecule has 104 heavy (non-hydrogen) atoms. The summed E-state index contributed by atoms with van der Waals surface area (Å²) in [7, 11) is 0. The molecule has 1 spiro atoms. The molecule has 0 radical (unpaired) electrons. The highest BCUT2D eigenvalue weighted by Gasteiger charge is 2.53. The molecule has 3 heterocycles. The molecule has 1 atom stereocenters. The number of rotatable bonds is 12. The summed E-state index contributed by atoms with van der Waals surface area (Å²) in [6, 6.07) is 132. The van der Waals surface area contributed by atoms with E-state index in [-0.39, 0.29) is 0 Å². The highest BCUT2D eigenvalue weighted by atomic mass is 15.2. The monoisotopic (exact) mass is 1320 g/mol. The molecule has 484 valence electrons. The maximum absolute atomic E-state index is 5.56. The van der Waals surface area contributed by atoms with E-state index in [1.165, 1.54) is 38.9 Å². The number of hydrogen-bond acceptors (Lipinski definition) is 6. The van der Waals surface area contributed by atoms with Crippen molar-refractivity contribution in [1.29, 1.82) is 0 Å². The Balaban J connectivity index is 0.766. The largest absolute Gasteiger partial charge is 0.277 e. The molecule has 7 nitrogen and oxygen atoms in total. The van der Waals surface area contributed by atoms with E-state index < -0.39 is 5.41 Å². The lowest BCUT2D eigenvalue weighted by atomic mass is 9.70. The first-order chi connectivity index (χ1) is 51.5. The summed E-state index contributed by atoms with van der Waals surface area (Å²) >= 11 is 0. The minimum Gasteiger partial charge on any atom is -0.277 e. The molecule has 0 aliphatic heterocycles. The lowest BCUT2D eigenvalue weighted by Gasteiger charge is -2.30. The first-order valence-corrected chi connectivity index (χ1v) is 35.3. The van der Waals surface area contributed by atoms with Crippen LogP contribution in [0.5, 0.6) is 0 Å². The van der Waals surface area contributed by atoms with Gasteiger partial charge in [-0.15, -0.1) is 0 Å². The van der Waals surface area contributed by atoms with Gasteiger partial charge in [-0.1, -0.05) is 315 Å². The smallest absolute Gasteiger partial charge is 0.238 e. The van der Waals surface area contributed by atoms with E-state index >= 15 is 0 Å². The third kappa shape index (κ3) is 10.0. The summed E-state index contributed by atoms with van der Waals surface area (Å²) in [6.07, 6.45) is 0. The van der Waals surface area contributed by atoms with Crippen molar-refractivity contribution in [3.8, 4) is 152 Å². The van der Waals surface area contributed by atoms with E-state index in [0.29, 0.717) is 35.1 Å². The zero-order chi connectivity index (χ0) is 68.7. The molecule has 0 fully saturated rings. The topological polar surface area (TPSA) is 82.3 Å². The number of para-hydroxylation sites is 1. The maximum atomic E-state index is 5.56. The molecule has 3 aromatic heterocycles. The van der Waals surface area contributed by atoms with Gasteiger partial charge < -0.3 is 0 Å². The Morgan fingerprint density at radius 1 is 0.192 bits per heavy atom. The Kier molecular flexibility index (Phi) is 14.3. The van der Waals surface area contributed by atoms with Crippen molar-refractivity contribution < 1.29 is 0 Å². The fourth-order valence-corrected chi connectivity index (χ4v) is 16.2. The van der Waals surface area contributed by atoms with E-state index in [1.807, 2.05) is 36.4 Å². The average Bonchev–Trinajstić information content (AvgIpc) is 1.49. The van der Waals surface area contributed by atoms with Gasteiger partial charge in [0, 0.05) is 44.2 Å². The van der Waals surface area contributed by atoms with Gasteiger partial charge in [-0.25, -0.2) is 19.9 Å². The third-order valence-corrected chi connectivity index (χ3v) is 20.9. The lowest BCUT2D eigenvalue weighted by molar-refractivity contribution is 0.794. The SMILES string of the molecule is c1ccc(-c2cccc(-c3nc(-c4cc(-c5ccccc5)cc(-c5ccccc5)c4)nc(-c4cc(-c5ccccc5)cc(-c5cccc(-c6cccc7c6-c6ccccc6C76c7ccccc7-c7c6ccc6c8ccccc8n(-c8nc(-c9ccccc9)nc(-c9ccccc9)n8)c76)c5)c4)n3)c2)cc1. The van der Waals surface area contributed by atoms with Crippen molar-refractivity contribution in [2.75, 3.05) is 0 Å². The van der Waals surface area contributed by atoms with E-state index in [9.17, 15) is 0 Å². The van der Waals surface area contributed by atoms with Crippen molar-refractivity contribution >= 4 is 21.8 Å². The number of benzene rings is 15. The summed E-state index contributed by atoms with van der Waals surface area (Å²) in [5.74, 6) is 3.49. The average molecular weight is 1320 g/mol. The van der Waals surface area contributed by atoms with Crippen molar-refractivity contribution in [3.63, 3.8) is 0 Å². The van der Waals surface area contributed by atoms with Crippen LogP contribution in [0.2, 0.25) is 0 Å². The zero-order valence-electron chi connectivity index (χ0n) is 56.3. The summed E-state index contributed by atoms with van der Waals surface area (Å²) in [5, 5.41) is 2.25. The van der Waals surface area contributed by atoms with Crippen LogP contribution in [0.4, 0.5) is 0 Å². The van der Waals surface area contributed by atoms with Crippen LogP contribution in [0.25, 0.3) is 174 Å². The van der Waals surface area contributed by atoms with Gasteiger partial charge >= 0.3 is 0 Å². The van der Waals surface area contributed by atoms with Gasteiger partial charge in [0.05, 0.1) is 16.4 Å². The fraction of sp³-hybridized carbons (Fsp3) is 0.0103. The Labute approximate surface area is 602 Å². The van der Waals surface area contributed by atoms with Crippen LogP contribution in [0.15, 0.2) is 370 Å². The van der Waals surface area contributed by atoms with Gasteiger partial charge in [0.1, 0.15) is 0 Å². The van der Waals surface area contributed by atoms with Crippen LogP contribution >= 0.6 is 0 Å². The van der Waals surface area contributed by atoms with Crippen LogP contribution in [-0.2, 0) is 5.41 Å². The summed E-state index contributed by atoms with van der Waals surface area (Å²) in [6.45, 7) is 0. The van der Waals surface area contributed by atoms with Crippen molar-refractivity contribution in [1.82, 2.24) is 34.5 Å². The van der Waals surface area contributed by atoms with E-state index in [2.05, 4.69) is 338 Å². The molecular formula is C97H61N7. The highest BCUT2D eigenvalue weighted by molar-refractivity contribution is 6.17. The molecule has 15 aromatic carbocycles. The molecule has 1 unspecified atom stereocenters. The van der Waals surface area contributed by atoms with Crippen molar-refractivity contribution in [2.45, 2.75) is 5.41 Å². The first-order valence-electron chi connectivity index (χ1n) is 35.3. The summed E-state index contributed by atoms with van der Waals surface area (Å²) < 4.78 is 2.30. The Morgan fingerprint density at radius 2 is 0.519 bits per heavy atom. The molecule has 0 saturated carbocycles. The number of aromatic nitrogens is 7. The predicted octanol–water partition coefficient (Wildman–Crippen LogP) is 23.8. The van der Waals surface area contributed by atoms with Crippen LogP contribution in [-0.4, -0.2) is 34.5 Å². The minimum absolute atomic E-state index is 0.557. The molecule has 2 aliphatic rings. The predicted molar refractivity (Wildman–Crippen MR) is 424 cm³/mol. The van der Waals surface area contributed by atoms with E-state index in [0.717, 1.165) is 122 Å². The van der Waals surface area contributed by atoms with E-state index in [4.69, 9.17) is 29.9 Å². The normalized spacial score (nSPS) is 13.2. The molecule has 20 rings (SSSR count). The van der Waals surface area contributed by atoms with Crippen molar-refractivity contribution in [2.24, 2.45) is 0 Å². The molecular weight excluding hydrogens is 1260 g/mol. The molecule has 0 amide bonds. The lowest BCUT2D eigenvalue weighted by Crippen LogP contribution is -2.25. The maximum Gasteiger partial charge on any atom is 0.238 e. The molecule has 18 aromatic rings. The third-order valence-electron chi connectivity index (χ3n) is 20.9. The number of fused-ring (bicyclic) bond motifs is 14. The zero-order valence-corrected chi connectivity index (χ0v) is 56.3. The summed E-state index contributed by atoms with van der Waals surface area (Å²) in [4.78, 5) is 32.5. The number of nitrogens with zero attached hydrogens (tertiary/aromatic N) is 7. The van der Waals surface area contributed by atoms with Gasteiger partial charge in [0.15, 0.2) is 29.1 Å². The number of hydrogen-bond donors (Lipinski definition) is 0. The molecule has 0 saturated heterocycles. The van der Waals surface area contributed by atoms with Gasteiger partial charge in [-0.05, 0) is 160 Å². The van der Waals surface area contributed by atoms with Crippen LogP contribution in [0.1, 0.15) is 22.3 Å². The highest BCUT2D eigenvalue weighted by Crippen LogP contribution is 2.65. The van der Waals surface area contributed by atoms with E-state index in [1.54, 1.807) is 0 Å². The second-order valence-electron chi connectivity index (χ2n) is 26.9. The molecule has 7 heteroatoms. The first kappa shape index (κ1) is 60.1. The van der Waals surface area contributed by atoms with Crippen LogP contribution in [0, 0.1) is 0 Å². The fourth-order valence-electron chi connectivity index (χ4n) is 16.2. The Hall–Kier alpha value is -13.9. The van der Waals surface area contributed by atoms with Gasteiger partial charge in [-0.2, -0.15) is 9.97 Å². The second kappa shape index (κ2) is 24.8. The van der Waals surface area contributed by atoms with Crippen LogP contribution in [0.3, 0.4) is 0 Å². The minimum atomic E-state index is -0.694. The molecule has 0 bridgehead atoms. The van der Waals surface area contributed by atoms with Gasteiger partial charge in [0.25, 0.3) is 0 Å². The van der Waals surface area contributed by atoms with Gasteiger partial charge in [-0.3, -0.25) is 4.57 Å². The summed E-state index contributed by atoms with van der Waals surface area (Å²) in [5.41, 5.74) is 28.6. The Bertz CT molecular complexity index is 6280. The second-order valence-corrected chi connectivity index (χ2v) is 26.9. The van der Waals surface area contributed by atoms with Crippen molar-refractivity contribution in [3.05, 3.63) is 392 Å². The van der Waals surface area contributed by atoms with Gasteiger partial charge in [0.2, 0.25) is 5.95 Å². The standard InChI is InChI=1S/C97H61N7/c1-7-28-62(29-8-1)68-40-26-43-71(55-68)93-99-94(76-58-72(63-30-9-2-10-31-63)56-73(59-76)64-32-11-3-12-33-64)101-95(100-93)77-60-74(65-34-13-4-14-35-65)57-75(61-77)69-41-25-42-70(54-69)78-47-27-50-85-88(78)81-45-19-22-48-83(81)97(85)84-49-23-20-46-82(84)89-86(97)53-52-80-79-44-21-24-51-87(79)104(90(80)89)96-102-91(66-36-15-5-16-37-66)98-92(103-96)67-38-17-6-18-39-67/h1-61H. The quantitative estimate of drug-likeness (QED) is 0.121. The Morgan fingerprint density at radius 3 is 1.05 bits per heavy atom. The molecule has 0 N–H and O–H groups in total. The van der Waals surface area contributed by atoms with Crippen LogP contribution < -0.4 is 0 Å². The molecule has 2 aliphatic carbocycles.